The summed E-state index contributed by atoms with van der Waals surface area (Å²) in [5, 5.41) is 9.07. The van der Waals surface area contributed by atoms with Gasteiger partial charge in [-0.05, 0) is 5.56 Å². The minimum atomic E-state index is -0.806. The number of aliphatic carboxylic acids is 1. The van der Waals surface area contributed by atoms with Gasteiger partial charge in [0.1, 0.15) is 5.82 Å². The second-order valence-corrected chi connectivity index (χ2v) is 4.13. The molecule has 0 aliphatic carbocycles. The van der Waals surface area contributed by atoms with Gasteiger partial charge in [0, 0.05) is 18.8 Å². The van der Waals surface area contributed by atoms with Gasteiger partial charge in [0.05, 0.1) is 12.5 Å². The quantitative estimate of drug-likeness (QED) is 0.879. The van der Waals surface area contributed by atoms with Crippen LogP contribution >= 0.6 is 0 Å². The standard InChI is InChI=1S/C14H16N2O2/c1-2-13-15-8-9-16(13)12(10-14(17)18)11-6-4-3-5-7-11/h3-9,12H,2,10H2,1H3,(H,17,18). The van der Waals surface area contributed by atoms with E-state index in [1.165, 1.54) is 0 Å². The second kappa shape index (κ2) is 5.49. The Kier molecular flexibility index (Phi) is 3.77. The molecule has 0 radical (unpaired) electrons. The Morgan fingerprint density at radius 3 is 2.72 bits per heavy atom. The Balaban J connectivity index is 2.40. The molecule has 1 unspecified atom stereocenters. The van der Waals surface area contributed by atoms with E-state index in [-0.39, 0.29) is 12.5 Å². The average Bonchev–Trinajstić information content (AvgIpc) is 2.85. The van der Waals surface area contributed by atoms with E-state index >= 15 is 0 Å². The van der Waals surface area contributed by atoms with Crippen molar-refractivity contribution >= 4 is 5.97 Å². The Morgan fingerprint density at radius 2 is 2.11 bits per heavy atom. The van der Waals surface area contributed by atoms with Crippen LogP contribution in [0, 0.1) is 0 Å². The van der Waals surface area contributed by atoms with E-state index in [0.29, 0.717) is 0 Å². The van der Waals surface area contributed by atoms with E-state index in [4.69, 9.17) is 5.11 Å². The molecule has 2 aromatic rings. The van der Waals surface area contributed by atoms with E-state index in [2.05, 4.69) is 4.98 Å². The molecule has 1 N–H and O–H groups in total. The number of carbonyl (C=O) groups is 1. The van der Waals surface area contributed by atoms with E-state index in [1.807, 2.05) is 48.0 Å². The van der Waals surface area contributed by atoms with Gasteiger partial charge in [-0.1, -0.05) is 37.3 Å². The van der Waals surface area contributed by atoms with Crippen LogP contribution in [0.2, 0.25) is 0 Å². The van der Waals surface area contributed by atoms with E-state index in [1.54, 1.807) is 6.20 Å². The molecule has 0 aliphatic rings. The SMILES string of the molecule is CCc1nccn1C(CC(=O)O)c1ccccc1. The van der Waals surface area contributed by atoms with Gasteiger partial charge in [-0.15, -0.1) is 0 Å². The third-order valence-electron chi connectivity index (χ3n) is 2.95. The van der Waals surface area contributed by atoms with Gasteiger partial charge in [0.25, 0.3) is 0 Å². The van der Waals surface area contributed by atoms with Crippen molar-refractivity contribution in [1.82, 2.24) is 9.55 Å². The summed E-state index contributed by atoms with van der Waals surface area (Å²) < 4.78 is 1.95. The van der Waals surface area contributed by atoms with Crippen LogP contribution in [0.3, 0.4) is 0 Å². The van der Waals surface area contributed by atoms with Gasteiger partial charge < -0.3 is 9.67 Å². The number of carboxylic acid groups (broad SMARTS) is 1. The number of imidazole rings is 1. The Morgan fingerprint density at radius 1 is 1.39 bits per heavy atom. The largest absolute Gasteiger partial charge is 0.481 e. The fourth-order valence-corrected chi connectivity index (χ4v) is 2.12. The minimum Gasteiger partial charge on any atom is -0.481 e. The molecule has 4 heteroatoms. The second-order valence-electron chi connectivity index (χ2n) is 4.13. The molecule has 2 rings (SSSR count). The number of benzene rings is 1. The van der Waals surface area contributed by atoms with Crippen LogP contribution in [0.25, 0.3) is 0 Å². The fourth-order valence-electron chi connectivity index (χ4n) is 2.12. The molecular weight excluding hydrogens is 228 g/mol. The zero-order valence-corrected chi connectivity index (χ0v) is 10.3. The summed E-state index contributed by atoms with van der Waals surface area (Å²) >= 11 is 0. The molecule has 1 heterocycles. The maximum atomic E-state index is 11.0. The number of nitrogens with zero attached hydrogens (tertiary/aromatic N) is 2. The number of aryl methyl sites for hydroxylation is 1. The van der Waals surface area contributed by atoms with Crippen molar-refractivity contribution in [3.63, 3.8) is 0 Å². The van der Waals surface area contributed by atoms with Gasteiger partial charge in [-0.3, -0.25) is 4.79 Å². The first-order valence-electron chi connectivity index (χ1n) is 6.00. The maximum Gasteiger partial charge on any atom is 0.305 e. The van der Waals surface area contributed by atoms with Gasteiger partial charge >= 0.3 is 5.97 Å². The van der Waals surface area contributed by atoms with Crippen molar-refractivity contribution in [1.29, 1.82) is 0 Å². The van der Waals surface area contributed by atoms with Crippen molar-refractivity contribution in [2.75, 3.05) is 0 Å². The first-order valence-corrected chi connectivity index (χ1v) is 6.00. The Hall–Kier alpha value is -2.10. The van der Waals surface area contributed by atoms with Crippen molar-refractivity contribution in [2.45, 2.75) is 25.8 Å². The molecule has 1 aromatic carbocycles. The summed E-state index contributed by atoms with van der Waals surface area (Å²) in [5.74, 6) is 0.102. The number of aromatic nitrogens is 2. The lowest BCUT2D eigenvalue weighted by Crippen LogP contribution is -2.16. The predicted molar refractivity (Wildman–Crippen MR) is 68.4 cm³/mol. The molecule has 0 bridgehead atoms. The van der Waals surface area contributed by atoms with Crippen LogP contribution in [-0.2, 0) is 11.2 Å². The summed E-state index contributed by atoms with van der Waals surface area (Å²) in [6, 6.07) is 9.48. The van der Waals surface area contributed by atoms with Crippen LogP contribution in [-0.4, -0.2) is 20.6 Å². The summed E-state index contributed by atoms with van der Waals surface area (Å²) in [4.78, 5) is 15.3. The molecule has 4 nitrogen and oxygen atoms in total. The predicted octanol–water partition coefficient (Wildman–Crippen LogP) is 2.51. The maximum absolute atomic E-state index is 11.0. The molecule has 0 aliphatic heterocycles. The van der Waals surface area contributed by atoms with Crippen LogP contribution in [0.1, 0.15) is 30.8 Å². The highest BCUT2D eigenvalue weighted by Gasteiger charge is 2.19. The average molecular weight is 244 g/mol. The van der Waals surface area contributed by atoms with E-state index in [0.717, 1.165) is 17.8 Å². The summed E-state index contributed by atoms with van der Waals surface area (Å²) in [6.45, 7) is 2.02. The summed E-state index contributed by atoms with van der Waals surface area (Å²) in [7, 11) is 0. The number of hydrogen-bond donors (Lipinski definition) is 1. The molecule has 1 aromatic heterocycles. The third-order valence-corrected chi connectivity index (χ3v) is 2.95. The lowest BCUT2D eigenvalue weighted by Gasteiger charge is -2.19. The topological polar surface area (TPSA) is 55.1 Å². The molecule has 0 spiro atoms. The Bertz CT molecular complexity index is 520. The summed E-state index contributed by atoms with van der Waals surface area (Å²) in [5.41, 5.74) is 0.993. The monoisotopic (exact) mass is 244 g/mol. The van der Waals surface area contributed by atoms with E-state index < -0.39 is 5.97 Å². The van der Waals surface area contributed by atoms with Crippen LogP contribution in [0.4, 0.5) is 0 Å². The third kappa shape index (κ3) is 2.59. The highest BCUT2D eigenvalue weighted by Crippen LogP contribution is 2.23. The smallest absolute Gasteiger partial charge is 0.305 e. The van der Waals surface area contributed by atoms with Crippen LogP contribution in [0.5, 0.6) is 0 Å². The molecule has 18 heavy (non-hydrogen) atoms. The van der Waals surface area contributed by atoms with Crippen molar-refractivity contribution in [2.24, 2.45) is 0 Å². The number of rotatable bonds is 5. The minimum absolute atomic E-state index is 0.0629. The van der Waals surface area contributed by atoms with Gasteiger partial charge in [0.2, 0.25) is 0 Å². The number of hydrogen-bond acceptors (Lipinski definition) is 2. The molecule has 0 amide bonds. The molecule has 0 saturated carbocycles. The van der Waals surface area contributed by atoms with Crippen LogP contribution in [0.15, 0.2) is 42.7 Å². The molecule has 1 atom stereocenters. The van der Waals surface area contributed by atoms with Gasteiger partial charge in [-0.2, -0.15) is 0 Å². The molecule has 0 fully saturated rings. The fraction of sp³-hybridized carbons (Fsp3) is 0.286. The van der Waals surface area contributed by atoms with Crippen molar-refractivity contribution in [3.05, 3.63) is 54.1 Å². The molecule has 0 saturated heterocycles. The Labute approximate surface area is 106 Å². The number of carboxylic acids is 1. The van der Waals surface area contributed by atoms with E-state index in [9.17, 15) is 4.79 Å². The first-order chi connectivity index (χ1) is 8.72. The molecule has 94 valence electrons. The van der Waals surface area contributed by atoms with Gasteiger partial charge in [0.15, 0.2) is 0 Å². The first kappa shape index (κ1) is 12.4. The summed E-state index contributed by atoms with van der Waals surface area (Å²) in [6.07, 6.45) is 4.42. The highest BCUT2D eigenvalue weighted by atomic mass is 16.4. The zero-order chi connectivity index (χ0) is 13.0. The van der Waals surface area contributed by atoms with Crippen molar-refractivity contribution < 1.29 is 9.90 Å². The lowest BCUT2D eigenvalue weighted by molar-refractivity contribution is -0.137. The van der Waals surface area contributed by atoms with Gasteiger partial charge in [-0.25, -0.2) is 4.98 Å². The normalized spacial score (nSPS) is 12.3. The lowest BCUT2D eigenvalue weighted by atomic mass is 10.0. The highest BCUT2D eigenvalue weighted by molar-refractivity contribution is 5.68. The zero-order valence-electron chi connectivity index (χ0n) is 10.3. The van der Waals surface area contributed by atoms with Crippen LogP contribution < -0.4 is 0 Å². The van der Waals surface area contributed by atoms with Crippen molar-refractivity contribution in [3.8, 4) is 0 Å². The molecular formula is C14H16N2O2.